The molecular formula is C13H19BrN2O. The first kappa shape index (κ1) is 13.0. The van der Waals surface area contributed by atoms with Crippen molar-refractivity contribution in [2.45, 2.75) is 25.3 Å². The molecule has 3 N–H and O–H groups in total. The molecule has 1 heterocycles. The highest BCUT2D eigenvalue weighted by atomic mass is 79.9. The average Bonchev–Trinajstić information content (AvgIpc) is 2.39. The first-order chi connectivity index (χ1) is 8.31. The minimum Gasteiger partial charge on any atom is -0.381 e. The zero-order chi connectivity index (χ0) is 12.1. The Hall–Kier alpha value is -0.420. The summed E-state index contributed by atoms with van der Waals surface area (Å²) in [5.41, 5.74) is 4.28. The molecule has 1 aliphatic rings. The van der Waals surface area contributed by atoms with E-state index in [1.54, 1.807) is 0 Å². The maximum atomic E-state index is 5.70. The zero-order valence-electron chi connectivity index (χ0n) is 9.86. The maximum absolute atomic E-state index is 5.70. The lowest BCUT2D eigenvalue weighted by Crippen LogP contribution is -2.44. The largest absolute Gasteiger partial charge is 0.381 e. The minimum absolute atomic E-state index is 0.331. The predicted octanol–water partition coefficient (Wildman–Crippen LogP) is 2.25. The van der Waals surface area contributed by atoms with Gasteiger partial charge in [-0.15, -0.1) is 0 Å². The summed E-state index contributed by atoms with van der Waals surface area (Å²) in [6, 6.07) is 8.66. The van der Waals surface area contributed by atoms with Crippen LogP contribution in [0, 0.1) is 5.92 Å². The molecule has 1 aliphatic heterocycles. The Balaban J connectivity index is 2.01. The normalized spacial score (nSPS) is 19.2. The number of hydrazine groups is 1. The van der Waals surface area contributed by atoms with Gasteiger partial charge in [0.2, 0.25) is 0 Å². The summed E-state index contributed by atoms with van der Waals surface area (Å²) in [7, 11) is 0. The summed E-state index contributed by atoms with van der Waals surface area (Å²) in [6.07, 6.45) is 3.15. The van der Waals surface area contributed by atoms with E-state index in [-0.39, 0.29) is 0 Å². The van der Waals surface area contributed by atoms with Crippen LogP contribution in [0.15, 0.2) is 28.7 Å². The van der Waals surface area contributed by atoms with Gasteiger partial charge >= 0.3 is 0 Å². The second-order valence-corrected chi connectivity index (χ2v) is 5.37. The van der Waals surface area contributed by atoms with Gasteiger partial charge in [0.1, 0.15) is 0 Å². The standard InChI is InChI=1S/C13H19BrN2O/c14-12-4-2-1-3-11(12)9-13(16-15)10-5-7-17-8-6-10/h1-4,10,13,16H,5-9,15H2. The fourth-order valence-corrected chi connectivity index (χ4v) is 2.83. The van der Waals surface area contributed by atoms with Crippen LogP contribution < -0.4 is 11.3 Å². The van der Waals surface area contributed by atoms with Crippen molar-refractivity contribution in [2.75, 3.05) is 13.2 Å². The van der Waals surface area contributed by atoms with Gasteiger partial charge in [0.15, 0.2) is 0 Å². The molecule has 1 fully saturated rings. The molecule has 0 aliphatic carbocycles. The van der Waals surface area contributed by atoms with Crippen LogP contribution in [0.2, 0.25) is 0 Å². The Bertz CT molecular complexity index is 353. The third-order valence-corrected chi connectivity index (χ3v) is 4.22. The third-order valence-electron chi connectivity index (χ3n) is 3.45. The molecule has 1 aromatic carbocycles. The van der Waals surface area contributed by atoms with Crippen LogP contribution in [-0.4, -0.2) is 19.3 Å². The van der Waals surface area contributed by atoms with E-state index in [9.17, 15) is 0 Å². The summed E-state index contributed by atoms with van der Waals surface area (Å²) < 4.78 is 6.55. The fraction of sp³-hybridized carbons (Fsp3) is 0.538. The SMILES string of the molecule is NNC(Cc1ccccc1Br)C1CCOCC1. The van der Waals surface area contributed by atoms with Gasteiger partial charge in [-0.3, -0.25) is 11.3 Å². The van der Waals surface area contributed by atoms with Crippen molar-refractivity contribution in [3.63, 3.8) is 0 Å². The summed E-state index contributed by atoms with van der Waals surface area (Å²) in [5, 5.41) is 0. The summed E-state index contributed by atoms with van der Waals surface area (Å²) in [4.78, 5) is 0. The average molecular weight is 299 g/mol. The molecule has 1 aromatic rings. The number of benzene rings is 1. The highest BCUT2D eigenvalue weighted by molar-refractivity contribution is 9.10. The number of hydrogen-bond acceptors (Lipinski definition) is 3. The van der Waals surface area contributed by atoms with E-state index in [1.165, 1.54) is 5.56 Å². The van der Waals surface area contributed by atoms with Gasteiger partial charge < -0.3 is 4.74 Å². The Kier molecular flexibility index (Phi) is 4.98. The third kappa shape index (κ3) is 3.52. The number of nitrogens with one attached hydrogen (secondary N) is 1. The lowest BCUT2D eigenvalue weighted by molar-refractivity contribution is 0.0537. The van der Waals surface area contributed by atoms with Crippen LogP contribution in [0.3, 0.4) is 0 Å². The molecule has 0 bridgehead atoms. The van der Waals surface area contributed by atoms with E-state index in [1.807, 2.05) is 6.07 Å². The summed E-state index contributed by atoms with van der Waals surface area (Å²) in [6.45, 7) is 1.72. The van der Waals surface area contributed by atoms with Crippen molar-refractivity contribution in [2.24, 2.45) is 11.8 Å². The zero-order valence-corrected chi connectivity index (χ0v) is 11.4. The Morgan fingerprint density at radius 3 is 2.71 bits per heavy atom. The van der Waals surface area contributed by atoms with Crippen molar-refractivity contribution in [3.05, 3.63) is 34.3 Å². The molecule has 2 rings (SSSR count). The van der Waals surface area contributed by atoms with Crippen LogP contribution in [0.25, 0.3) is 0 Å². The fourth-order valence-electron chi connectivity index (χ4n) is 2.38. The molecule has 1 unspecified atom stereocenters. The van der Waals surface area contributed by atoms with Crippen molar-refractivity contribution in [1.82, 2.24) is 5.43 Å². The van der Waals surface area contributed by atoms with Crippen molar-refractivity contribution >= 4 is 15.9 Å². The van der Waals surface area contributed by atoms with Gasteiger partial charge in [0, 0.05) is 23.7 Å². The topological polar surface area (TPSA) is 47.3 Å². The summed E-state index contributed by atoms with van der Waals surface area (Å²) >= 11 is 3.58. The minimum atomic E-state index is 0.331. The molecule has 0 saturated carbocycles. The van der Waals surface area contributed by atoms with Crippen LogP contribution in [0.4, 0.5) is 0 Å². The molecule has 4 heteroatoms. The van der Waals surface area contributed by atoms with E-state index in [2.05, 4.69) is 39.6 Å². The molecule has 1 saturated heterocycles. The maximum Gasteiger partial charge on any atom is 0.0469 e. The lowest BCUT2D eigenvalue weighted by Gasteiger charge is -2.30. The van der Waals surface area contributed by atoms with Crippen molar-refractivity contribution < 1.29 is 4.74 Å². The van der Waals surface area contributed by atoms with Gasteiger partial charge in [-0.1, -0.05) is 34.1 Å². The van der Waals surface area contributed by atoms with Crippen LogP contribution in [-0.2, 0) is 11.2 Å². The highest BCUT2D eigenvalue weighted by Gasteiger charge is 2.23. The highest BCUT2D eigenvalue weighted by Crippen LogP contribution is 2.24. The van der Waals surface area contributed by atoms with E-state index >= 15 is 0 Å². The molecule has 0 radical (unpaired) electrons. The molecule has 0 aromatic heterocycles. The monoisotopic (exact) mass is 298 g/mol. The Morgan fingerprint density at radius 2 is 2.06 bits per heavy atom. The molecule has 17 heavy (non-hydrogen) atoms. The van der Waals surface area contributed by atoms with E-state index in [4.69, 9.17) is 10.6 Å². The van der Waals surface area contributed by atoms with Gasteiger partial charge in [0.25, 0.3) is 0 Å². The number of rotatable bonds is 4. The molecule has 94 valence electrons. The molecule has 0 spiro atoms. The quantitative estimate of drug-likeness (QED) is 0.662. The van der Waals surface area contributed by atoms with Crippen molar-refractivity contribution in [3.8, 4) is 0 Å². The van der Waals surface area contributed by atoms with Gasteiger partial charge in [-0.2, -0.15) is 0 Å². The van der Waals surface area contributed by atoms with E-state index < -0.39 is 0 Å². The predicted molar refractivity (Wildman–Crippen MR) is 72.5 cm³/mol. The van der Waals surface area contributed by atoms with E-state index in [0.717, 1.165) is 36.9 Å². The van der Waals surface area contributed by atoms with Crippen LogP contribution in [0.5, 0.6) is 0 Å². The van der Waals surface area contributed by atoms with Crippen LogP contribution in [0.1, 0.15) is 18.4 Å². The van der Waals surface area contributed by atoms with Gasteiger partial charge in [-0.05, 0) is 36.8 Å². The summed E-state index contributed by atoms with van der Waals surface area (Å²) in [5.74, 6) is 6.31. The number of hydrogen-bond donors (Lipinski definition) is 2. The number of ether oxygens (including phenoxy) is 1. The Morgan fingerprint density at radius 1 is 1.35 bits per heavy atom. The first-order valence-electron chi connectivity index (χ1n) is 6.08. The number of halogens is 1. The molecular weight excluding hydrogens is 280 g/mol. The first-order valence-corrected chi connectivity index (χ1v) is 6.88. The van der Waals surface area contributed by atoms with Crippen LogP contribution >= 0.6 is 15.9 Å². The number of nitrogens with two attached hydrogens (primary N) is 1. The molecule has 3 nitrogen and oxygen atoms in total. The molecule has 1 atom stereocenters. The van der Waals surface area contributed by atoms with Gasteiger partial charge in [-0.25, -0.2) is 0 Å². The molecule has 0 amide bonds. The smallest absolute Gasteiger partial charge is 0.0469 e. The van der Waals surface area contributed by atoms with E-state index in [0.29, 0.717) is 12.0 Å². The lowest BCUT2D eigenvalue weighted by atomic mass is 9.88. The Labute approximate surface area is 111 Å². The van der Waals surface area contributed by atoms with Gasteiger partial charge in [0.05, 0.1) is 0 Å². The van der Waals surface area contributed by atoms with Crippen molar-refractivity contribution in [1.29, 1.82) is 0 Å². The second-order valence-electron chi connectivity index (χ2n) is 4.52. The second kappa shape index (κ2) is 6.50.